The molecule has 1 amide bonds. The first-order valence-corrected chi connectivity index (χ1v) is 12.1. The van der Waals surface area contributed by atoms with Crippen LogP contribution in [-0.2, 0) is 6.54 Å². The Morgan fingerprint density at radius 1 is 1.25 bits per heavy atom. The van der Waals surface area contributed by atoms with Crippen LogP contribution in [0, 0.1) is 30.0 Å². The molecule has 2 N–H and O–H groups in total. The van der Waals surface area contributed by atoms with Gasteiger partial charge < -0.3 is 15.2 Å². The fourth-order valence-corrected chi connectivity index (χ4v) is 4.40. The predicted octanol–water partition coefficient (Wildman–Crippen LogP) is 4.45. The number of carbonyl (C=O) groups is 1. The molecule has 0 radical (unpaired) electrons. The van der Waals surface area contributed by atoms with E-state index in [1.54, 1.807) is 11.8 Å². The fourth-order valence-electron chi connectivity index (χ4n) is 4.22. The summed E-state index contributed by atoms with van der Waals surface area (Å²) in [6.45, 7) is 6.55. The van der Waals surface area contributed by atoms with Gasteiger partial charge in [0.05, 0.1) is 11.1 Å². The molecule has 0 aliphatic carbocycles. The summed E-state index contributed by atoms with van der Waals surface area (Å²) < 4.78 is 15.6. The molecular formula is C27H29ClFN5O2. The van der Waals surface area contributed by atoms with Gasteiger partial charge in [-0.05, 0) is 49.6 Å². The molecule has 0 saturated carbocycles. The number of carbonyl (C=O) groups excluding carboxylic acids is 1. The maximum absolute atomic E-state index is 13.8. The van der Waals surface area contributed by atoms with Crippen molar-refractivity contribution in [2.24, 2.45) is 11.7 Å². The van der Waals surface area contributed by atoms with E-state index in [9.17, 15) is 19.2 Å². The minimum atomic E-state index is -0.643. The standard InChI is InChI=1S/C27H29ClFN5O2/c1-17(2)24(33(13-7-12-30)27(36)20-10-11-23(29)22(28)14-20)25-32-26(35)21(15-31)18(3)34(25)16-19-8-5-4-6-9-19/h4-6,8-11,14,17,24H,7,12-13,16,30H2,1-3H3. The maximum Gasteiger partial charge on any atom is 0.291 e. The Balaban J connectivity index is 2.22. The summed E-state index contributed by atoms with van der Waals surface area (Å²) in [6.07, 6.45) is 0.502. The zero-order valence-electron chi connectivity index (χ0n) is 20.5. The number of benzene rings is 2. The summed E-state index contributed by atoms with van der Waals surface area (Å²) in [5.74, 6) is -0.798. The van der Waals surface area contributed by atoms with Crippen molar-refractivity contribution in [3.8, 4) is 6.07 Å². The molecule has 0 bridgehead atoms. The molecule has 0 saturated heterocycles. The van der Waals surface area contributed by atoms with E-state index in [0.717, 1.165) is 11.6 Å². The van der Waals surface area contributed by atoms with Crippen LogP contribution in [-0.4, -0.2) is 33.4 Å². The summed E-state index contributed by atoms with van der Waals surface area (Å²) in [7, 11) is 0. The molecule has 7 nitrogen and oxygen atoms in total. The van der Waals surface area contributed by atoms with Gasteiger partial charge in [0, 0.05) is 24.3 Å². The van der Waals surface area contributed by atoms with Crippen LogP contribution < -0.4 is 11.3 Å². The average Bonchev–Trinajstić information content (AvgIpc) is 2.85. The molecular weight excluding hydrogens is 481 g/mol. The number of nitrogens with zero attached hydrogens (tertiary/aromatic N) is 4. The van der Waals surface area contributed by atoms with Gasteiger partial charge in [0.2, 0.25) is 0 Å². The van der Waals surface area contributed by atoms with Crippen LogP contribution in [0.5, 0.6) is 0 Å². The molecule has 1 aromatic heterocycles. The summed E-state index contributed by atoms with van der Waals surface area (Å²) in [5, 5.41) is 9.46. The van der Waals surface area contributed by atoms with Gasteiger partial charge in [0.15, 0.2) is 0 Å². The van der Waals surface area contributed by atoms with E-state index in [2.05, 4.69) is 4.98 Å². The number of nitrogens with two attached hydrogens (primary N) is 1. The minimum absolute atomic E-state index is 0.0395. The van der Waals surface area contributed by atoms with Crippen LogP contribution in [0.25, 0.3) is 0 Å². The van der Waals surface area contributed by atoms with Crippen LogP contribution in [0.15, 0.2) is 53.3 Å². The summed E-state index contributed by atoms with van der Waals surface area (Å²) in [4.78, 5) is 32.5. The lowest BCUT2D eigenvalue weighted by atomic mass is 9.98. The highest BCUT2D eigenvalue weighted by Crippen LogP contribution is 2.31. The van der Waals surface area contributed by atoms with Crippen molar-refractivity contribution in [1.82, 2.24) is 14.5 Å². The van der Waals surface area contributed by atoms with E-state index in [0.29, 0.717) is 31.0 Å². The fraction of sp³-hybridized carbons (Fsp3) is 0.333. The third kappa shape index (κ3) is 5.81. The van der Waals surface area contributed by atoms with Crippen LogP contribution in [0.3, 0.4) is 0 Å². The van der Waals surface area contributed by atoms with Crippen molar-refractivity contribution < 1.29 is 9.18 Å². The molecule has 2 aromatic carbocycles. The molecule has 3 aromatic rings. The van der Waals surface area contributed by atoms with Gasteiger partial charge in [-0.15, -0.1) is 0 Å². The molecule has 1 heterocycles. The zero-order valence-corrected chi connectivity index (χ0v) is 21.3. The molecule has 1 atom stereocenters. The molecule has 36 heavy (non-hydrogen) atoms. The van der Waals surface area contributed by atoms with E-state index in [1.807, 2.05) is 54.8 Å². The predicted molar refractivity (Wildman–Crippen MR) is 137 cm³/mol. The monoisotopic (exact) mass is 509 g/mol. The lowest BCUT2D eigenvalue weighted by Crippen LogP contribution is -2.42. The highest BCUT2D eigenvalue weighted by molar-refractivity contribution is 6.31. The van der Waals surface area contributed by atoms with Crippen LogP contribution in [0.4, 0.5) is 4.39 Å². The second-order valence-electron chi connectivity index (χ2n) is 8.88. The number of hydrogen-bond donors (Lipinski definition) is 1. The molecule has 0 aliphatic rings. The number of nitriles is 1. The Labute approximate surface area is 214 Å². The summed E-state index contributed by atoms with van der Waals surface area (Å²) in [6, 6.07) is 14.7. The van der Waals surface area contributed by atoms with E-state index < -0.39 is 17.4 Å². The Morgan fingerprint density at radius 2 is 1.94 bits per heavy atom. The van der Waals surface area contributed by atoms with E-state index in [-0.39, 0.29) is 34.5 Å². The van der Waals surface area contributed by atoms with E-state index in [4.69, 9.17) is 17.3 Å². The van der Waals surface area contributed by atoms with Crippen molar-refractivity contribution in [2.45, 2.75) is 39.8 Å². The maximum atomic E-state index is 13.8. The Morgan fingerprint density at radius 3 is 2.53 bits per heavy atom. The number of aromatic nitrogens is 2. The quantitative estimate of drug-likeness (QED) is 0.458. The van der Waals surface area contributed by atoms with Crippen molar-refractivity contribution in [3.05, 3.63) is 97.9 Å². The Hall–Kier alpha value is -3.54. The number of halogens is 2. The minimum Gasteiger partial charge on any atom is -0.330 e. The SMILES string of the molecule is Cc1c(C#N)c(=O)nc(C(C(C)C)N(CCCN)C(=O)c2ccc(F)c(Cl)c2)n1Cc1ccccc1. The van der Waals surface area contributed by atoms with Gasteiger partial charge in [-0.1, -0.05) is 55.8 Å². The van der Waals surface area contributed by atoms with E-state index in [1.165, 1.54) is 12.1 Å². The van der Waals surface area contributed by atoms with Crippen LogP contribution in [0.2, 0.25) is 5.02 Å². The first kappa shape index (κ1) is 27.1. The summed E-state index contributed by atoms with van der Waals surface area (Å²) >= 11 is 5.96. The Kier molecular flexibility index (Phi) is 8.97. The molecule has 0 aliphatic heterocycles. The second-order valence-corrected chi connectivity index (χ2v) is 9.28. The van der Waals surface area contributed by atoms with Gasteiger partial charge in [0.1, 0.15) is 23.3 Å². The molecule has 0 spiro atoms. The van der Waals surface area contributed by atoms with Crippen LogP contribution >= 0.6 is 11.6 Å². The topological polar surface area (TPSA) is 105 Å². The molecule has 1 unspecified atom stereocenters. The van der Waals surface area contributed by atoms with Crippen molar-refractivity contribution >= 4 is 17.5 Å². The van der Waals surface area contributed by atoms with Gasteiger partial charge >= 0.3 is 0 Å². The number of rotatable bonds is 9. The van der Waals surface area contributed by atoms with Gasteiger partial charge in [0.25, 0.3) is 11.5 Å². The van der Waals surface area contributed by atoms with E-state index >= 15 is 0 Å². The molecule has 3 rings (SSSR count). The first-order chi connectivity index (χ1) is 17.2. The average molecular weight is 510 g/mol. The largest absolute Gasteiger partial charge is 0.330 e. The Bertz CT molecular complexity index is 1330. The highest BCUT2D eigenvalue weighted by Gasteiger charge is 2.33. The number of hydrogen-bond acceptors (Lipinski definition) is 5. The summed E-state index contributed by atoms with van der Waals surface area (Å²) in [5.41, 5.74) is 6.73. The molecule has 0 fully saturated rings. The van der Waals surface area contributed by atoms with Crippen LogP contribution in [0.1, 0.15) is 59.3 Å². The zero-order chi connectivity index (χ0) is 26.4. The van der Waals surface area contributed by atoms with Crippen molar-refractivity contribution in [3.63, 3.8) is 0 Å². The second kappa shape index (κ2) is 11.9. The van der Waals surface area contributed by atoms with Gasteiger partial charge in [-0.3, -0.25) is 9.59 Å². The first-order valence-electron chi connectivity index (χ1n) is 11.7. The van der Waals surface area contributed by atoms with Crippen molar-refractivity contribution in [1.29, 1.82) is 5.26 Å². The lowest BCUT2D eigenvalue weighted by Gasteiger charge is -2.36. The third-order valence-electron chi connectivity index (χ3n) is 6.03. The molecule has 188 valence electrons. The van der Waals surface area contributed by atoms with Gasteiger partial charge in [-0.2, -0.15) is 10.2 Å². The van der Waals surface area contributed by atoms with Crippen molar-refractivity contribution in [2.75, 3.05) is 13.1 Å². The van der Waals surface area contributed by atoms with Gasteiger partial charge in [-0.25, -0.2) is 4.39 Å². The smallest absolute Gasteiger partial charge is 0.291 e. The lowest BCUT2D eigenvalue weighted by molar-refractivity contribution is 0.0601. The third-order valence-corrected chi connectivity index (χ3v) is 6.32. The molecule has 9 heteroatoms. The normalized spacial score (nSPS) is 11.8. The highest BCUT2D eigenvalue weighted by atomic mass is 35.5. The number of amides is 1.